The Bertz CT molecular complexity index is 167. The second-order valence-corrected chi connectivity index (χ2v) is 4.27. The minimum absolute atomic E-state index is 0.527. The molecule has 0 aliphatic heterocycles. The molecule has 1 saturated carbocycles. The smallest absolute Gasteiger partial charge is 0.0594 e. The van der Waals surface area contributed by atoms with E-state index in [1.807, 2.05) is 12.2 Å². The van der Waals surface area contributed by atoms with Crippen LogP contribution < -0.4 is 5.32 Å². The van der Waals surface area contributed by atoms with Gasteiger partial charge in [0.05, 0.1) is 12.7 Å². The van der Waals surface area contributed by atoms with Crippen molar-refractivity contribution in [3.8, 4) is 0 Å². The summed E-state index contributed by atoms with van der Waals surface area (Å²) in [7, 11) is 0. The second kappa shape index (κ2) is 9.20. The van der Waals surface area contributed by atoms with Crippen molar-refractivity contribution in [2.45, 2.75) is 38.2 Å². The highest BCUT2D eigenvalue weighted by Gasteiger charge is 2.12. The second-order valence-electron chi connectivity index (χ2n) is 3.96. The van der Waals surface area contributed by atoms with Gasteiger partial charge in [0.25, 0.3) is 0 Å². The number of allylic oxidation sites excluding steroid dienone is 1. The Labute approximate surface area is 98.0 Å². The lowest BCUT2D eigenvalue weighted by atomic mass is 9.98. The molecule has 0 amide bonds. The first-order valence-corrected chi connectivity index (χ1v) is 6.50. The molecule has 2 nitrogen and oxygen atoms in total. The molecule has 0 aromatic carbocycles. The lowest BCUT2D eigenvalue weighted by Crippen LogP contribution is -2.24. The molecule has 0 bridgehead atoms. The van der Waals surface area contributed by atoms with Crippen molar-refractivity contribution in [3.05, 3.63) is 12.2 Å². The van der Waals surface area contributed by atoms with Crippen LogP contribution >= 0.6 is 11.6 Å². The van der Waals surface area contributed by atoms with Crippen molar-refractivity contribution in [2.75, 3.05) is 25.6 Å². The minimum Gasteiger partial charge on any atom is -0.377 e. The van der Waals surface area contributed by atoms with Gasteiger partial charge in [0.15, 0.2) is 0 Å². The van der Waals surface area contributed by atoms with E-state index in [0.29, 0.717) is 12.0 Å². The lowest BCUT2D eigenvalue weighted by Gasteiger charge is -2.21. The number of rotatable bonds is 7. The Morgan fingerprint density at radius 1 is 1.20 bits per heavy atom. The van der Waals surface area contributed by atoms with Crippen LogP contribution in [-0.4, -0.2) is 31.7 Å². The maximum atomic E-state index is 5.78. The van der Waals surface area contributed by atoms with Crippen molar-refractivity contribution in [1.82, 2.24) is 5.32 Å². The molecular weight excluding hydrogens is 210 g/mol. The number of nitrogens with one attached hydrogen (secondary N) is 1. The summed E-state index contributed by atoms with van der Waals surface area (Å²) in [4.78, 5) is 0. The number of ether oxygens (including phenoxy) is 1. The van der Waals surface area contributed by atoms with Gasteiger partial charge in [-0.1, -0.05) is 31.4 Å². The summed E-state index contributed by atoms with van der Waals surface area (Å²) in [5.41, 5.74) is 0. The van der Waals surface area contributed by atoms with Gasteiger partial charge in [-0.15, -0.1) is 11.6 Å². The zero-order valence-electron chi connectivity index (χ0n) is 9.38. The summed E-state index contributed by atoms with van der Waals surface area (Å²) in [6.07, 6.45) is 11.1. The molecule has 0 aromatic rings. The first kappa shape index (κ1) is 13.0. The van der Waals surface area contributed by atoms with Crippen LogP contribution in [0.4, 0.5) is 0 Å². The molecule has 88 valence electrons. The van der Waals surface area contributed by atoms with Gasteiger partial charge in [-0.25, -0.2) is 0 Å². The molecule has 0 heterocycles. The molecule has 0 saturated heterocycles. The van der Waals surface area contributed by atoms with Crippen LogP contribution in [-0.2, 0) is 4.74 Å². The molecule has 1 fully saturated rings. The summed E-state index contributed by atoms with van der Waals surface area (Å²) in [6, 6.07) is 0. The van der Waals surface area contributed by atoms with Crippen LogP contribution in [0.3, 0.4) is 0 Å². The fourth-order valence-electron chi connectivity index (χ4n) is 1.86. The molecular formula is C12H22ClNO. The summed E-state index contributed by atoms with van der Waals surface area (Å²) in [6.45, 7) is 2.66. The van der Waals surface area contributed by atoms with Gasteiger partial charge in [0, 0.05) is 19.0 Å². The summed E-state index contributed by atoms with van der Waals surface area (Å²) in [5.74, 6) is 0.597. The Morgan fingerprint density at radius 3 is 2.73 bits per heavy atom. The van der Waals surface area contributed by atoms with Crippen molar-refractivity contribution in [3.63, 3.8) is 0 Å². The maximum Gasteiger partial charge on any atom is 0.0594 e. The first-order chi connectivity index (χ1) is 7.43. The van der Waals surface area contributed by atoms with Gasteiger partial charge >= 0.3 is 0 Å². The standard InChI is InChI=1S/C12H22ClNO/c13-8-4-5-9-14-10-11-15-12-6-2-1-3-7-12/h4-5,12,14H,1-3,6-11H2/b5-4+. The molecule has 1 N–H and O–H groups in total. The van der Waals surface area contributed by atoms with Gasteiger partial charge in [-0.05, 0) is 12.8 Å². The monoisotopic (exact) mass is 231 g/mol. The number of halogens is 1. The van der Waals surface area contributed by atoms with Gasteiger partial charge in [0.2, 0.25) is 0 Å². The van der Waals surface area contributed by atoms with Crippen molar-refractivity contribution < 1.29 is 4.74 Å². The fourth-order valence-corrected chi connectivity index (χ4v) is 1.99. The largest absolute Gasteiger partial charge is 0.377 e. The molecule has 0 unspecified atom stereocenters. The predicted molar refractivity (Wildman–Crippen MR) is 65.6 cm³/mol. The van der Waals surface area contributed by atoms with E-state index in [-0.39, 0.29) is 0 Å². The van der Waals surface area contributed by atoms with Crippen LogP contribution in [0, 0.1) is 0 Å². The summed E-state index contributed by atoms with van der Waals surface area (Å²) >= 11 is 5.50. The summed E-state index contributed by atoms with van der Waals surface area (Å²) in [5, 5.41) is 3.29. The molecule has 0 spiro atoms. The van der Waals surface area contributed by atoms with E-state index in [1.165, 1.54) is 32.1 Å². The number of hydrogen-bond acceptors (Lipinski definition) is 2. The molecule has 0 atom stereocenters. The molecule has 0 aromatic heterocycles. The van der Waals surface area contributed by atoms with E-state index in [0.717, 1.165) is 19.7 Å². The van der Waals surface area contributed by atoms with E-state index in [9.17, 15) is 0 Å². The first-order valence-electron chi connectivity index (χ1n) is 5.97. The van der Waals surface area contributed by atoms with E-state index in [4.69, 9.17) is 16.3 Å². The highest BCUT2D eigenvalue weighted by molar-refractivity contribution is 6.18. The molecule has 1 rings (SSSR count). The normalized spacial score (nSPS) is 18.7. The number of hydrogen-bond donors (Lipinski definition) is 1. The molecule has 3 heteroatoms. The van der Waals surface area contributed by atoms with Gasteiger partial charge in [-0.3, -0.25) is 0 Å². The predicted octanol–water partition coefficient (Wildman–Crippen LogP) is 2.72. The third-order valence-corrected chi connectivity index (χ3v) is 2.88. The van der Waals surface area contributed by atoms with Crippen molar-refractivity contribution in [2.24, 2.45) is 0 Å². The summed E-state index contributed by atoms with van der Waals surface area (Å²) < 4.78 is 5.78. The third kappa shape index (κ3) is 6.93. The Hall–Kier alpha value is -0.0500. The highest BCUT2D eigenvalue weighted by atomic mass is 35.5. The Kier molecular flexibility index (Phi) is 7.98. The minimum atomic E-state index is 0.527. The van der Waals surface area contributed by atoms with Crippen molar-refractivity contribution >= 4 is 11.6 Å². The van der Waals surface area contributed by atoms with Gasteiger partial charge < -0.3 is 10.1 Å². The fraction of sp³-hybridized carbons (Fsp3) is 0.833. The SMILES string of the molecule is ClC/C=C/CNCCOC1CCCCC1. The van der Waals surface area contributed by atoms with Gasteiger partial charge in [0.1, 0.15) is 0 Å². The van der Waals surface area contributed by atoms with Crippen LogP contribution in [0.15, 0.2) is 12.2 Å². The molecule has 1 aliphatic rings. The average Bonchev–Trinajstić information content (AvgIpc) is 2.29. The lowest BCUT2D eigenvalue weighted by molar-refractivity contribution is 0.0306. The third-order valence-electron chi connectivity index (χ3n) is 2.70. The van der Waals surface area contributed by atoms with E-state index >= 15 is 0 Å². The average molecular weight is 232 g/mol. The zero-order chi connectivity index (χ0) is 10.8. The molecule has 1 aliphatic carbocycles. The Balaban J connectivity index is 1.85. The molecule has 15 heavy (non-hydrogen) atoms. The number of alkyl halides is 1. The zero-order valence-corrected chi connectivity index (χ0v) is 10.1. The van der Waals surface area contributed by atoms with Crippen molar-refractivity contribution in [1.29, 1.82) is 0 Å². The van der Waals surface area contributed by atoms with Gasteiger partial charge in [-0.2, -0.15) is 0 Å². The van der Waals surface area contributed by atoms with Crippen LogP contribution in [0.25, 0.3) is 0 Å². The Morgan fingerprint density at radius 2 is 2.00 bits per heavy atom. The van der Waals surface area contributed by atoms with E-state index in [2.05, 4.69) is 5.32 Å². The van der Waals surface area contributed by atoms with Crippen LogP contribution in [0.5, 0.6) is 0 Å². The van der Waals surface area contributed by atoms with Crippen LogP contribution in [0.2, 0.25) is 0 Å². The molecule has 0 radical (unpaired) electrons. The maximum absolute atomic E-state index is 5.78. The highest BCUT2D eigenvalue weighted by Crippen LogP contribution is 2.19. The van der Waals surface area contributed by atoms with Crippen LogP contribution in [0.1, 0.15) is 32.1 Å². The van der Waals surface area contributed by atoms with E-state index in [1.54, 1.807) is 0 Å². The topological polar surface area (TPSA) is 21.3 Å². The van der Waals surface area contributed by atoms with E-state index < -0.39 is 0 Å². The quantitative estimate of drug-likeness (QED) is 0.413.